The van der Waals surface area contributed by atoms with E-state index in [4.69, 9.17) is 16.3 Å². The second-order valence-corrected chi connectivity index (χ2v) is 7.94. The Labute approximate surface area is 188 Å². The second-order valence-electron chi connectivity index (χ2n) is 7.50. The van der Waals surface area contributed by atoms with E-state index in [-0.39, 0.29) is 35.6 Å². The molecule has 1 N–H and O–H groups in total. The third-order valence-corrected chi connectivity index (χ3v) is 5.53. The average molecular weight is 473 g/mol. The van der Waals surface area contributed by atoms with E-state index in [1.807, 2.05) is 0 Å². The summed E-state index contributed by atoms with van der Waals surface area (Å²) in [5.41, 5.74) is -1.57. The molecule has 2 heterocycles. The minimum Gasteiger partial charge on any atom is -0.385 e. The van der Waals surface area contributed by atoms with E-state index < -0.39 is 23.3 Å². The Kier molecular flexibility index (Phi) is 7.78. The zero-order valence-corrected chi connectivity index (χ0v) is 18.2. The van der Waals surface area contributed by atoms with Gasteiger partial charge >= 0.3 is 6.18 Å². The molecule has 11 heteroatoms. The molecule has 0 spiro atoms. The molecule has 2 amide bonds. The molecule has 1 fully saturated rings. The highest BCUT2D eigenvalue weighted by Crippen LogP contribution is 2.35. The topological polar surface area (TPSA) is 76.5 Å². The second kappa shape index (κ2) is 10.4. The summed E-state index contributed by atoms with van der Waals surface area (Å²) in [5.74, 6) is -1.15. The van der Waals surface area contributed by atoms with Gasteiger partial charge in [-0.05, 0) is 37.5 Å². The fourth-order valence-corrected chi connectivity index (χ4v) is 3.85. The minimum absolute atomic E-state index is 0.104. The van der Waals surface area contributed by atoms with Gasteiger partial charge in [-0.2, -0.15) is 18.3 Å². The zero-order chi connectivity index (χ0) is 23.3. The van der Waals surface area contributed by atoms with Crippen LogP contribution in [-0.2, 0) is 15.7 Å². The summed E-state index contributed by atoms with van der Waals surface area (Å²) in [6.45, 7) is 1.41. The van der Waals surface area contributed by atoms with E-state index in [9.17, 15) is 22.8 Å². The highest BCUT2D eigenvalue weighted by molar-refractivity contribution is 6.30. The number of likely N-dealkylation sites (tertiary alicyclic amines) is 1. The number of nitrogens with zero attached hydrogens (tertiary/aromatic N) is 3. The van der Waals surface area contributed by atoms with Crippen molar-refractivity contribution in [3.05, 3.63) is 46.7 Å². The van der Waals surface area contributed by atoms with Gasteiger partial charge in [-0.15, -0.1) is 0 Å². The Morgan fingerprint density at radius 1 is 1.28 bits per heavy atom. The standard InChI is InChI=1S/C21H24ClF3N4O3/c1-32-11-3-8-26-19(30)14-6-9-28(10-7-14)20(31)17-13-27-29(18(17)21(23,24)25)16-5-2-4-15(22)12-16/h2,4-5,12-14H,3,6-11H2,1H3,(H,26,30). The van der Waals surface area contributed by atoms with Gasteiger partial charge in [0.2, 0.25) is 5.91 Å². The van der Waals surface area contributed by atoms with Crippen LogP contribution in [0.15, 0.2) is 30.5 Å². The fourth-order valence-electron chi connectivity index (χ4n) is 3.67. The van der Waals surface area contributed by atoms with Crippen molar-refractivity contribution in [3.63, 3.8) is 0 Å². The maximum Gasteiger partial charge on any atom is 0.434 e. The Balaban J connectivity index is 1.71. The van der Waals surface area contributed by atoms with Gasteiger partial charge in [0.05, 0.1) is 17.4 Å². The van der Waals surface area contributed by atoms with Gasteiger partial charge in [0, 0.05) is 44.3 Å². The molecule has 32 heavy (non-hydrogen) atoms. The first-order chi connectivity index (χ1) is 15.2. The maximum absolute atomic E-state index is 13.9. The first-order valence-electron chi connectivity index (χ1n) is 10.2. The molecule has 0 atom stereocenters. The zero-order valence-electron chi connectivity index (χ0n) is 17.5. The number of hydrogen-bond acceptors (Lipinski definition) is 4. The molecule has 7 nitrogen and oxygen atoms in total. The number of benzene rings is 1. The summed E-state index contributed by atoms with van der Waals surface area (Å²) in [5, 5.41) is 6.89. The SMILES string of the molecule is COCCCNC(=O)C1CCN(C(=O)c2cnn(-c3cccc(Cl)c3)c2C(F)(F)F)CC1. The van der Waals surface area contributed by atoms with Gasteiger partial charge in [-0.1, -0.05) is 17.7 Å². The van der Waals surface area contributed by atoms with Crippen molar-refractivity contribution in [2.24, 2.45) is 5.92 Å². The third-order valence-electron chi connectivity index (χ3n) is 5.30. The van der Waals surface area contributed by atoms with Gasteiger partial charge in [0.1, 0.15) is 0 Å². The van der Waals surface area contributed by atoms with Crippen LogP contribution in [0.2, 0.25) is 5.02 Å². The largest absolute Gasteiger partial charge is 0.434 e. The predicted molar refractivity (Wildman–Crippen MR) is 112 cm³/mol. The molecule has 0 aliphatic carbocycles. The van der Waals surface area contributed by atoms with Crippen molar-refractivity contribution in [1.29, 1.82) is 0 Å². The summed E-state index contributed by atoms with van der Waals surface area (Å²) < 4.78 is 47.2. The van der Waals surface area contributed by atoms with Crippen molar-refractivity contribution in [2.75, 3.05) is 33.4 Å². The molecular weight excluding hydrogens is 449 g/mol. The van der Waals surface area contributed by atoms with E-state index in [2.05, 4.69) is 10.4 Å². The molecule has 0 saturated carbocycles. The summed E-state index contributed by atoms with van der Waals surface area (Å²) >= 11 is 5.90. The van der Waals surface area contributed by atoms with Crippen LogP contribution < -0.4 is 5.32 Å². The number of carbonyl (C=O) groups excluding carboxylic acids is 2. The lowest BCUT2D eigenvalue weighted by atomic mass is 9.95. The molecule has 1 aliphatic heterocycles. The van der Waals surface area contributed by atoms with Gasteiger partial charge in [0.15, 0.2) is 5.69 Å². The number of alkyl halides is 3. The van der Waals surface area contributed by atoms with E-state index in [1.54, 1.807) is 7.11 Å². The number of ether oxygens (including phenoxy) is 1. The quantitative estimate of drug-likeness (QED) is 0.625. The van der Waals surface area contributed by atoms with E-state index >= 15 is 0 Å². The van der Waals surface area contributed by atoms with Crippen LogP contribution in [0.1, 0.15) is 35.3 Å². The van der Waals surface area contributed by atoms with Crippen molar-refractivity contribution < 1.29 is 27.5 Å². The van der Waals surface area contributed by atoms with Crippen molar-refractivity contribution in [1.82, 2.24) is 20.0 Å². The van der Waals surface area contributed by atoms with Gasteiger partial charge in [0.25, 0.3) is 5.91 Å². The Hall–Kier alpha value is -2.59. The van der Waals surface area contributed by atoms with Gasteiger partial charge in [-0.25, -0.2) is 4.68 Å². The van der Waals surface area contributed by atoms with Crippen LogP contribution >= 0.6 is 11.6 Å². The van der Waals surface area contributed by atoms with Crippen molar-refractivity contribution >= 4 is 23.4 Å². The summed E-state index contributed by atoms with van der Waals surface area (Å²) in [6.07, 6.45) is -2.42. The van der Waals surface area contributed by atoms with E-state index in [0.29, 0.717) is 37.1 Å². The predicted octanol–water partition coefficient (Wildman–Crippen LogP) is 3.55. The molecule has 1 aromatic heterocycles. The lowest BCUT2D eigenvalue weighted by Crippen LogP contribution is -2.43. The van der Waals surface area contributed by atoms with Crippen molar-refractivity contribution in [3.8, 4) is 5.69 Å². The number of methoxy groups -OCH3 is 1. The molecule has 1 saturated heterocycles. The highest BCUT2D eigenvalue weighted by Gasteiger charge is 2.42. The minimum atomic E-state index is -4.80. The van der Waals surface area contributed by atoms with Crippen LogP contribution in [0.5, 0.6) is 0 Å². The Bertz CT molecular complexity index is 956. The monoisotopic (exact) mass is 472 g/mol. The van der Waals surface area contributed by atoms with Crippen molar-refractivity contribution in [2.45, 2.75) is 25.4 Å². The van der Waals surface area contributed by atoms with Gasteiger partial charge in [-0.3, -0.25) is 9.59 Å². The number of aromatic nitrogens is 2. The molecule has 174 valence electrons. The molecule has 1 aromatic carbocycles. The number of amides is 2. The van der Waals surface area contributed by atoms with Gasteiger partial charge < -0.3 is 15.0 Å². The lowest BCUT2D eigenvalue weighted by Gasteiger charge is -2.31. The highest BCUT2D eigenvalue weighted by atomic mass is 35.5. The Morgan fingerprint density at radius 2 is 2.00 bits per heavy atom. The molecule has 0 radical (unpaired) electrons. The molecular formula is C21H24ClF3N4O3. The molecule has 3 rings (SSSR count). The first kappa shape index (κ1) is 24.1. The molecule has 1 aliphatic rings. The smallest absolute Gasteiger partial charge is 0.385 e. The number of hydrogen-bond donors (Lipinski definition) is 1. The third kappa shape index (κ3) is 5.60. The van der Waals surface area contributed by atoms with Crippen LogP contribution in [0.3, 0.4) is 0 Å². The van der Waals surface area contributed by atoms with Crippen LogP contribution in [-0.4, -0.2) is 59.8 Å². The lowest BCUT2D eigenvalue weighted by molar-refractivity contribution is -0.143. The fraction of sp³-hybridized carbons (Fsp3) is 0.476. The summed E-state index contributed by atoms with van der Waals surface area (Å²) in [4.78, 5) is 26.5. The normalized spacial score (nSPS) is 15.1. The molecule has 0 bridgehead atoms. The number of piperidine rings is 1. The number of halogens is 4. The van der Waals surface area contributed by atoms with Crippen LogP contribution in [0.25, 0.3) is 5.69 Å². The van der Waals surface area contributed by atoms with Crippen LogP contribution in [0.4, 0.5) is 13.2 Å². The average Bonchev–Trinajstić information content (AvgIpc) is 3.22. The Morgan fingerprint density at radius 3 is 2.62 bits per heavy atom. The van der Waals surface area contributed by atoms with E-state index in [0.717, 1.165) is 6.20 Å². The van der Waals surface area contributed by atoms with Crippen LogP contribution in [0, 0.1) is 5.92 Å². The summed E-state index contributed by atoms with van der Waals surface area (Å²) in [6, 6.07) is 5.81. The number of nitrogens with one attached hydrogen (secondary N) is 1. The van der Waals surface area contributed by atoms with E-state index in [1.165, 1.54) is 29.2 Å². The molecule has 0 unspecified atom stereocenters. The summed E-state index contributed by atoms with van der Waals surface area (Å²) in [7, 11) is 1.58. The first-order valence-corrected chi connectivity index (χ1v) is 10.6. The molecule has 2 aromatic rings. The maximum atomic E-state index is 13.9. The number of carbonyl (C=O) groups is 2. The number of rotatable bonds is 7.